The Kier molecular flexibility index (Phi) is 2.58. The first-order valence-corrected chi connectivity index (χ1v) is 6.70. The minimum Gasteiger partial charge on any atom is -0.399 e. The topological polar surface area (TPSA) is 31.4 Å². The second-order valence-electron chi connectivity index (χ2n) is 6.38. The van der Waals surface area contributed by atoms with Gasteiger partial charge in [-0.25, -0.2) is 0 Å². The van der Waals surface area contributed by atoms with E-state index in [0.717, 1.165) is 5.46 Å². The van der Waals surface area contributed by atoms with Crippen molar-refractivity contribution in [3.05, 3.63) is 24.0 Å². The van der Waals surface area contributed by atoms with Crippen molar-refractivity contribution in [2.24, 2.45) is 0 Å². The summed E-state index contributed by atoms with van der Waals surface area (Å²) in [5.74, 6) is 0.660. The predicted molar refractivity (Wildman–Crippen MR) is 71.9 cm³/mol. The van der Waals surface area contributed by atoms with E-state index in [0.29, 0.717) is 5.92 Å². The van der Waals surface area contributed by atoms with Crippen LogP contribution in [-0.4, -0.2) is 23.3 Å². The number of hydrogen-bond donors (Lipinski definition) is 0. The van der Waals surface area contributed by atoms with Crippen LogP contribution in [-0.2, 0) is 9.31 Å². The van der Waals surface area contributed by atoms with E-state index in [-0.39, 0.29) is 18.3 Å². The molecule has 1 aliphatic carbocycles. The van der Waals surface area contributed by atoms with Crippen LogP contribution in [0.4, 0.5) is 0 Å². The number of rotatable bonds is 2. The van der Waals surface area contributed by atoms with Crippen LogP contribution >= 0.6 is 0 Å². The third kappa shape index (κ3) is 1.97. The van der Waals surface area contributed by atoms with Crippen molar-refractivity contribution in [3.63, 3.8) is 0 Å². The number of nitrogens with zero attached hydrogens (tertiary/aromatic N) is 1. The minimum atomic E-state index is -0.277. The zero-order chi connectivity index (χ0) is 13.0. The SMILES string of the molecule is CC1(C)OB(c2ccnc(C3CC3)c2)OC1(C)C. The highest BCUT2D eigenvalue weighted by atomic mass is 16.7. The van der Waals surface area contributed by atoms with Crippen molar-refractivity contribution in [2.75, 3.05) is 0 Å². The monoisotopic (exact) mass is 245 g/mol. The van der Waals surface area contributed by atoms with Crippen molar-refractivity contribution in [2.45, 2.75) is 57.7 Å². The normalized spacial score (nSPS) is 25.4. The highest BCUT2D eigenvalue weighted by Gasteiger charge is 2.51. The summed E-state index contributed by atoms with van der Waals surface area (Å²) in [6.45, 7) is 8.32. The van der Waals surface area contributed by atoms with Gasteiger partial charge in [0.1, 0.15) is 0 Å². The third-order valence-corrected chi connectivity index (χ3v) is 4.33. The second kappa shape index (κ2) is 3.81. The lowest BCUT2D eigenvalue weighted by Gasteiger charge is -2.32. The Balaban J connectivity index is 1.86. The molecule has 0 bridgehead atoms. The molecule has 0 N–H and O–H groups in total. The first-order valence-electron chi connectivity index (χ1n) is 6.70. The summed E-state index contributed by atoms with van der Waals surface area (Å²) in [6.07, 6.45) is 4.40. The summed E-state index contributed by atoms with van der Waals surface area (Å²) < 4.78 is 12.1. The summed E-state index contributed by atoms with van der Waals surface area (Å²) in [5.41, 5.74) is 1.72. The molecule has 0 aromatic carbocycles. The maximum Gasteiger partial charge on any atom is 0.494 e. The molecule has 1 saturated carbocycles. The van der Waals surface area contributed by atoms with Gasteiger partial charge in [0.2, 0.25) is 0 Å². The van der Waals surface area contributed by atoms with Gasteiger partial charge in [-0.1, -0.05) is 0 Å². The smallest absolute Gasteiger partial charge is 0.399 e. The van der Waals surface area contributed by atoms with Gasteiger partial charge in [-0.3, -0.25) is 4.98 Å². The summed E-state index contributed by atoms with van der Waals surface area (Å²) in [5, 5.41) is 0. The van der Waals surface area contributed by atoms with Gasteiger partial charge in [0.25, 0.3) is 0 Å². The van der Waals surface area contributed by atoms with Gasteiger partial charge < -0.3 is 9.31 Å². The Labute approximate surface area is 109 Å². The highest BCUT2D eigenvalue weighted by Crippen LogP contribution is 2.39. The summed E-state index contributed by atoms with van der Waals surface area (Å²) in [7, 11) is -0.268. The van der Waals surface area contributed by atoms with Crippen LogP contribution in [0, 0.1) is 0 Å². The molecule has 0 atom stereocenters. The highest BCUT2D eigenvalue weighted by molar-refractivity contribution is 6.62. The van der Waals surface area contributed by atoms with Gasteiger partial charge in [0.15, 0.2) is 0 Å². The Morgan fingerprint density at radius 1 is 1.17 bits per heavy atom. The lowest BCUT2D eigenvalue weighted by atomic mass is 9.79. The molecular formula is C14H20BNO2. The van der Waals surface area contributed by atoms with Gasteiger partial charge in [-0.2, -0.15) is 0 Å². The van der Waals surface area contributed by atoms with Crippen molar-refractivity contribution in [1.82, 2.24) is 4.98 Å². The molecule has 0 unspecified atom stereocenters. The molecular weight excluding hydrogens is 225 g/mol. The maximum atomic E-state index is 6.06. The van der Waals surface area contributed by atoms with Crippen molar-refractivity contribution in [3.8, 4) is 0 Å². The van der Waals surface area contributed by atoms with Gasteiger partial charge >= 0.3 is 7.12 Å². The van der Waals surface area contributed by atoms with Crippen LogP contribution < -0.4 is 5.46 Å². The lowest BCUT2D eigenvalue weighted by molar-refractivity contribution is 0.00578. The molecule has 3 nitrogen and oxygen atoms in total. The van der Waals surface area contributed by atoms with E-state index in [1.165, 1.54) is 18.5 Å². The van der Waals surface area contributed by atoms with Gasteiger partial charge in [0.05, 0.1) is 11.2 Å². The van der Waals surface area contributed by atoms with Crippen LogP contribution in [0.15, 0.2) is 18.3 Å². The molecule has 2 heterocycles. The third-order valence-electron chi connectivity index (χ3n) is 4.33. The molecule has 1 aromatic heterocycles. The van der Waals surface area contributed by atoms with Gasteiger partial charge in [0, 0.05) is 17.8 Å². The van der Waals surface area contributed by atoms with Gasteiger partial charge in [-0.15, -0.1) is 0 Å². The summed E-state index contributed by atoms with van der Waals surface area (Å²) in [4.78, 5) is 4.43. The van der Waals surface area contributed by atoms with Crippen molar-refractivity contribution < 1.29 is 9.31 Å². The van der Waals surface area contributed by atoms with Crippen LogP contribution in [0.1, 0.15) is 52.1 Å². The summed E-state index contributed by atoms with van der Waals surface area (Å²) >= 11 is 0. The Morgan fingerprint density at radius 2 is 1.78 bits per heavy atom. The van der Waals surface area contributed by atoms with Crippen LogP contribution in [0.5, 0.6) is 0 Å². The van der Waals surface area contributed by atoms with Crippen LogP contribution in [0.3, 0.4) is 0 Å². The van der Waals surface area contributed by atoms with Crippen molar-refractivity contribution in [1.29, 1.82) is 0 Å². The van der Waals surface area contributed by atoms with E-state index in [1.807, 2.05) is 12.3 Å². The number of hydrogen-bond acceptors (Lipinski definition) is 3. The average Bonchev–Trinajstić information content (AvgIpc) is 3.08. The van der Waals surface area contributed by atoms with E-state index in [1.54, 1.807) is 0 Å². The maximum absolute atomic E-state index is 6.06. The van der Waals surface area contributed by atoms with E-state index < -0.39 is 0 Å². The van der Waals surface area contributed by atoms with E-state index in [2.05, 4.69) is 38.7 Å². The van der Waals surface area contributed by atoms with Crippen LogP contribution in [0.2, 0.25) is 0 Å². The molecule has 18 heavy (non-hydrogen) atoms. The van der Waals surface area contributed by atoms with Crippen molar-refractivity contribution >= 4 is 12.6 Å². The fraction of sp³-hybridized carbons (Fsp3) is 0.643. The summed E-state index contributed by atoms with van der Waals surface area (Å²) in [6, 6.07) is 4.13. The molecule has 0 spiro atoms. The molecule has 96 valence electrons. The minimum absolute atomic E-state index is 0.268. The predicted octanol–water partition coefficient (Wildman–Crippen LogP) is 2.26. The molecule has 0 radical (unpaired) electrons. The first-order chi connectivity index (χ1) is 8.39. The molecule has 1 aliphatic heterocycles. The lowest BCUT2D eigenvalue weighted by Crippen LogP contribution is -2.41. The molecule has 0 amide bonds. The van der Waals surface area contributed by atoms with E-state index in [9.17, 15) is 0 Å². The fourth-order valence-corrected chi connectivity index (χ4v) is 2.19. The largest absolute Gasteiger partial charge is 0.494 e. The zero-order valence-electron chi connectivity index (χ0n) is 11.6. The van der Waals surface area contributed by atoms with E-state index in [4.69, 9.17) is 9.31 Å². The van der Waals surface area contributed by atoms with E-state index >= 15 is 0 Å². The van der Waals surface area contributed by atoms with Crippen LogP contribution in [0.25, 0.3) is 0 Å². The first kappa shape index (κ1) is 12.2. The zero-order valence-corrected chi connectivity index (χ0v) is 11.6. The Hall–Kier alpha value is -0.865. The van der Waals surface area contributed by atoms with Gasteiger partial charge in [-0.05, 0) is 58.1 Å². The Bertz CT molecular complexity index is 453. The second-order valence-corrected chi connectivity index (χ2v) is 6.38. The fourth-order valence-electron chi connectivity index (χ4n) is 2.19. The molecule has 2 fully saturated rings. The Morgan fingerprint density at radius 3 is 2.33 bits per heavy atom. The molecule has 3 rings (SSSR count). The standard InChI is InChI=1S/C14H20BNO2/c1-13(2)14(3,4)18-15(17-13)11-7-8-16-12(9-11)10-5-6-10/h7-10H,5-6H2,1-4H3. The molecule has 1 saturated heterocycles. The molecule has 4 heteroatoms. The average molecular weight is 245 g/mol. The molecule has 2 aliphatic rings. The number of aromatic nitrogens is 1. The molecule has 1 aromatic rings. The number of pyridine rings is 1. The quantitative estimate of drug-likeness (QED) is 0.749.